The predicted molar refractivity (Wildman–Crippen MR) is 94.1 cm³/mol. The van der Waals surface area contributed by atoms with Gasteiger partial charge in [-0.1, -0.05) is 5.16 Å². The van der Waals surface area contributed by atoms with E-state index in [0.29, 0.717) is 23.7 Å². The first kappa shape index (κ1) is 22.0. The Balaban J connectivity index is 0.00000280. The van der Waals surface area contributed by atoms with Crippen molar-refractivity contribution in [3.05, 3.63) is 30.2 Å². The minimum Gasteiger partial charge on any atom is -0.494 e. The van der Waals surface area contributed by atoms with Gasteiger partial charge in [-0.25, -0.2) is 0 Å². The largest absolute Gasteiger partial charge is 0.494 e. The lowest BCUT2D eigenvalue weighted by Crippen LogP contribution is -2.33. The number of alkyl halides is 3. The maximum absolute atomic E-state index is 13.0. The second kappa shape index (κ2) is 8.78. The molecule has 28 heavy (non-hydrogen) atoms. The van der Waals surface area contributed by atoms with Crippen molar-refractivity contribution in [2.75, 3.05) is 19.7 Å². The first-order valence-corrected chi connectivity index (χ1v) is 8.35. The summed E-state index contributed by atoms with van der Waals surface area (Å²) < 4.78 is 49.6. The molecule has 1 aromatic carbocycles. The van der Waals surface area contributed by atoms with E-state index in [1.54, 1.807) is 24.3 Å². The molecule has 1 N–H and O–H groups in total. The Morgan fingerprint density at radius 3 is 2.54 bits per heavy atom. The molecular formula is C17H19ClF3N3O4. The van der Waals surface area contributed by atoms with Gasteiger partial charge in [0.05, 0.1) is 25.0 Å². The molecule has 2 aromatic rings. The van der Waals surface area contributed by atoms with Crippen molar-refractivity contribution < 1.29 is 32.3 Å². The molecule has 0 spiro atoms. The summed E-state index contributed by atoms with van der Waals surface area (Å²) in [4.78, 5) is 16.7. The number of aliphatic carboxylic acids is 1. The quantitative estimate of drug-likeness (QED) is 0.765. The standard InChI is InChI=1S/C17H18F3N3O4.ClH/c1-2-26-11-5-3-10(4-6-11)15-21-14(27-22-15)9-23-7-12(16(24)25)13(8-23)17(18,19)20;/h3-6,12-13H,2,7-9H2,1H3,(H,24,25);1H/t12-,13-;/m1./s1. The molecule has 1 fully saturated rings. The SMILES string of the molecule is CCOc1ccc(-c2noc(CN3C[C@@H](C(F)(F)F)[C@H](C(=O)O)C3)n2)cc1.Cl. The average molecular weight is 422 g/mol. The number of likely N-dealkylation sites (tertiary alicyclic amines) is 1. The second-order valence-corrected chi connectivity index (χ2v) is 6.26. The van der Waals surface area contributed by atoms with Crippen LogP contribution in [0.3, 0.4) is 0 Å². The Hall–Kier alpha value is -2.33. The molecule has 1 aromatic heterocycles. The third kappa shape index (κ3) is 4.93. The summed E-state index contributed by atoms with van der Waals surface area (Å²) in [6.45, 7) is 1.73. The smallest absolute Gasteiger partial charge is 0.393 e. The number of carboxylic acids is 1. The van der Waals surface area contributed by atoms with Gasteiger partial charge >= 0.3 is 12.1 Å². The Labute approximate surface area is 164 Å². The lowest BCUT2D eigenvalue weighted by atomic mass is 9.96. The summed E-state index contributed by atoms with van der Waals surface area (Å²) in [6, 6.07) is 6.99. The van der Waals surface area contributed by atoms with E-state index in [1.807, 2.05) is 6.92 Å². The molecule has 0 unspecified atom stereocenters. The van der Waals surface area contributed by atoms with Crippen LogP contribution in [0.2, 0.25) is 0 Å². The van der Waals surface area contributed by atoms with Crippen molar-refractivity contribution in [3.63, 3.8) is 0 Å². The zero-order valence-corrected chi connectivity index (χ0v) is 15.7. The van der Waals surface area contributed by atoms with Crippen LogP contribution in [0, 0.1) is 11.8 Å². The molecule has 11 heteroatoms. The van der Waals surface area contributed by atoms with Gasteiger partial charge in [0.25, 0.3) is 0 Å². The monoisotopic (exact) mass is 421 g/mol. The molecule has 154 valence electrons. The summed E-state index contributed by atoms with van der Waals surface area (Å²) in [7, 11) is 0. The van der Waals surface area contributed by atoms with E-state index < -0.39 is 30.5 Å². The van der Waals surface area contributed by atoms with Gasteiger partial charge in [0.2, 0.25) is 11.7 Å². The first-order chi connectivity index (χ1) is 12.8. The summed E-state index contributed by atoms with van der Waals surface area (Å²) >= 11 is 0. The van der Waals surface area contributed by atoms with Crippen LogP contribution in [-0.4, -0.2) is 52.0 Å². The fourth-order valence-electron chi connectivity index (χ4n) is 3.09. The number of benzene rings is 1. The molecule has 0 amide bonds. The van der Waals surface area contributed by atoms with Gasteiger partial charge in [0.1, 0.15) is 5.75 Å². The number of ether oxygens (including phenoxy) is 1. The van der Waals surface area contributed by atoms with E-state index in [0.717, 1.165) is 0 Å². The Kier molecular flexibility index (Phi) is 6.89. The average Bonchev–Trinajstić information content (AvgIpc) is 3.23. The number of carbonyl (C=O) groups is 1. The minimum absolute atomic E-state index is 0. The highest BCUT2D eigenvalue weighted by Crippen LogP contribution is 2.38. The molecule has 3 rings (SSSR count). The Morgan fingerprint density at radius 2 is 2.00 bits per heavy atom. The highest BCUT2D eigenvalue weighted by molar-refractivity contribution is 5.85. The van der Waals surface area contributed by atoms with Gasteiger partial charge in [-0.15, -0.1) is 12.4 Å². The van der Waals surface area contributed by atoms with Crippen LogP contribution in [0.4, 0.5) is 13.2 Å². The zero-order chi connectivity index (χ0) is 19.6. The molecule has 0 saturated carbocycles. The molecule has 0 aliphatic carbocycles. The molecule has 0 radical (unpaired) electrons. The van der Waals surface area contributed by atoms with Crippen molar-refractivity contribution in [1.29, 1.82) is 0 Å². The van der Waals surface area contributed by atoms with Crippen LogP contribution in [0.25, 0.3) is 11.4 Å². The van der Waals surface area contributed by atoms with Crippen molar-refractivity contribution in [1.82, 2.24) is 15.0 Å². The van der Waals surface area contributed by atoms with Gasteiger partial charge in [0, 0.05) is 18.7 Å². The predicted octanol–water partition coefficient (Wildman–Crippen LogP) is 3.25. The maximum atomic E-state index is 13.0. The summed E-state index contributed by atoms with van der Waals surface area (Å²) in [5.74, 6) is -3.75. The van der Waals surface area contributed by atoms with Gasteiger partial charge in [-0.3, -0.25) is 9.69 Å². The molecule has 0 bridgehead atoms. The second-order valence-electron chi connectivity index (χ2n) is 6.26. The van der Waals surface area contributed by atoms with Crippen LogP contribution < -0.4 is 4.74 Å². The fraction of sp³-hybridized carbons (Fsp3) is 0.471. The van der Waals surface area contributed by atoms with Gasteiger partial charge in [-0.05, 0) is 31.2 Å². The highest BCUT2D eigenvalue weighted by Gasteiger charge is 2.52. The van der Waals surface area contributed by atoms with Crippen LogP contribution in [-0.2, 0) is 11.3 Å². The number of carboxylic acid groups (broad SMARTS) is 1. The van der Waals surface area contributed by atoms with Gasteiger partial charge in [0.15, 0.2) is 0 Å². The fourth-order valence-corrected chi connectivity index (χ4v) is 3.09. The number of aromatic nitrogens is 2. The van der Waals surface area contributed by atoms with Crippen molar-refractivity contribution >= 4 is 18.4 Å². The minimum atomic E-state index is -4.57. The first-order valence-electron chi connectivity index (χ1n) is 8.35. The van der Waals surface area contributed by atoms with Crippen molar-refractivity contribution in [2.45, 2.75) is 19.6 Å². The van der Waals surface area contributed by atoms with Gasteiger partial charge in [-0.2, -0.15) is 18.2 Å². The maximum Gasteiger partial charge on any atom is 0.393 e. The van der Waals surface area contributed by atoms with E-state index in [-0.39, 0.29) is 31.4 Å². The molecular weight excluding hydrogens is 403 g/mol. The van der Waals surface area contributed by atoms with E-state index >= 15 is 0 Å². The summed E-state index contributed by atoms with van der Waals surface area (Å²) in [6.07, 6.45) is -4.57. The number of rotatable bonds is 6. The van der Waals surface area contributed by atoms with Crippen LogP contribution in [0.1, 0.15) is 12.8 Å². The topological polar surface area (TPSA) is 88.7 Å². The van der Waals surface area contributed by atoms with Crippen molar-refractivity contribution in [3.8, 4) is 17.1 Å². The highest BCUT2D eigenvalue weighted by atomic mass is 35.5. The number of hydrogen-bond donors (Lipinski definition) is 1. The van der Waals surface area contributed by atoms with E-state index in [2.05, 4.69) is 10.1 Å². The van der Waals surface area contributed by atoms with E-state index in [9.17, 15) is 18.0 Å². The lowest BCUT2D eigenvalue weighted by molar-refractivity contribution is -0.188. The number of halogens is 4. The molecule has 1 aliphatic rings. The van der Waals surface area contributed by atoms with E-state index in [1.165, 1.54) is 4.90 Å². The van der Waals surface area contributed by atoms with Crippen LogP contribution >= 0.6 is 12.4 Å². The van der Waals surface area contributed by atoms with Crippen LogP contribution in [0.15, 0.2) is 28.8 Å². The molecule has 1 aliphatic heterocycles. The Morgan fingerprint density at radius 1 is 1.32 bits per heavy atom. The molecule has 1 saturated heterocycles. The van der Waals surface area contributed by atoms with Crippen molar-refractivity contribution in [2.24, 2.45) is 11.8 Å². The number of nitrogens with zero attached hydrogens (tertiary/aromatic N) is 3. The normalized spacial score (nSPS) is 20.0. The molecule has 2 heterocycles. The zero-order valence-electron chi connectivity index (χ0n) is 14.8. The van der Waals surface area contributed by atoms with E-state index in [4.69, 9.17) is 14.4 Å². The molecule has 2 atom stereocenters. The lowest BCUT2D eigenvalue weighted by Gasteiger charge is -2.17. The third-order valence-corrected chi connectivity index (χ3v) is 4.38. The summed E-state index contributed by atoms with van der Waals surface area (Å²) in [5.41, 5.74) is 0.673. The van der Waals surface area contributed by atoms with Crippen LogP contribution in [0.5, 0.6) is 5.75 Å². The Bertz CT molecular complexity index is 798. The third-order valence-electron chi connectivity index (χ3n) is 4.38. The van der Waals surface area contributed by atoms with Gasteiger partial charge < -0.3 is 14.4 Å². The number of hydrogen-bond acceptors (Lipinski definition) is 6. The molecule has 7 nitrogen and oxygen atoms in total. The summed E-state index contributed by atoms with van der Waals surface area (Å²) in [5, 5.41) is 12.9.